The molecule has 1 N–H and O–H groups in total. The molecule has 2 aromatic rings. The molecular weight excluding hydrogens is 256 g/mol. The molecular formula is C15H20N2O3. The van der Waals surface area contributed by atoms with Gasteiger partial charge in [0, 0.05) is 12.7 Å². The van der Waals surface area contributed by atoms with Crippen molar-refractivity contribution in [2.45, 2.75) is 38.7 Å². The van der Waals surface area contributed by atoms with Gasteiger partial charge in [-0.1, -0.05) is 37.2 Å². The molecule has 0 saturated carbocycles. The van der Waals surface area contributed by atoms with Crippen molar-refractivity contribution >= 4 is 0 Å². The molecule has 0 amide bonds. The van der Waals surface area contributed by atoms with Gasteiger partial charge in [0.25, 0.3) is 0 Å². The Labute approximate surface area is 118 Å². The van der Waals surface area contributed by atoms with Gasteiger partial charge in [-0.2, -0.15) is 4.98 Å². The van der Waals surface area contributed by atoms with E-state index in [4.69, 9.17) is 9.26 Å². The van der Waals surface area contributed by atoms with Crippen molar-refractivity contribution in [1.82, 2.24) is 10.1 Å². The summed E-state index contributed by atoms with van der Waals surface area (Å²) in [5.41, 5.74) is 0.263. The van der Waals surface area contributed by atoms with Gasteiger partial charge in [-0.15, -0.1) is 0 Å². The van der Waals surface area contributed by atoms with E-state index in [0.29, 0.717) is 18.1 Å². The number of nitrogens with zero attached hydrogens (tertiary/aromatic N) is 2. The maximum Gasteiger partial charge on any atom is 0.231 e. The van der Waals surface area contributed by atoms with Crippen molar-refractivity contribution < 1.29 is 14.4 Å². The van der Waals surface area contributed by atoms with E-state index < -0.39 is 5.60 Å². The molecule has 0 radical (unpaired) electrons. The molecule has 0 spiro atoms. The minimum atomic E-state index is -0.500. The monoisotopic (exact) mass is 276 g/mol. The lowest BCUT2D eigenvalue weighted by Gasteiger charge is -2.25. The van der Waals surface area contributed by atoms with Crippen molar-refractivity contribution in [2.24, 2.45) is 0 Å². The fourth-order valence-electron chi connectivity index (χ4n) is 2.28. The first-order chi connectivity index (χ1) is 9.65. The first kappa shape index (κ1) is 14.5. The van der Waals surface area contributed by atoms with E-state index in [1.54, 1.807) is 19.2 Å². The zero-order chi connectivity index (χ0) is 14.6. The third-order valence-electron chi connectivity index (χ3n) is 3.74. The van der Waals surface area contributed by atoms with Gasteiger partial charge in [0.2, 0.25) is 11.7 Å². The summed E-state index contributed by atoms with van der Waals surface area (Å²) in [6.07, 6.45) is 1.96. The van der Waals surface area contributed by atoms with Crippen LogP contribution in [-0.4, -0.2) is 22.4 Å². The first-order valence-electron chi connectivity index (χ1n) is 6.80. The van der Waals surface area contributed by atoms with E-state index in [9.17, 15) is 5.11 Å². The Morgan fingerprint density at radius 1 is 1.25 bits per heavy atom. The number of aromatic hydroxyl groups is 1. The van der Waals surface area contributed by atoms with E-state index in [-0.39, 0.29) is 5.75 Å². The second kappa shape index (κ2) is 6.05. The molecule has 5 nitrogen and oxygen atoms in total. The smallest absolute Gasteiger partial charge is 0.231 e. The highest BCUT2D eigenvalue weighted by molar-refractivity contribution is 5.33. The fourth-order valence-corrected chi connectivity index (χ4v) is 2.28. The summed E-state index contributed by atoms with van der Waals surface area (Å²) in [6, 6.07) is 7.12. The predicted molar refractivity (Wildman–Crippen MR) is 74.5 cm³/mol. The summed E-state index contributed by atoms with van der Waals surface area (Å²) in [4.78, 5) is 4.42. The van der Waals surface area contributed by atoms with Crippen molar-refractivity contribution in [2.75, 3.05) is 7.11 Å². The van der Waals surface area contributed by atoms with E-state index in [0.717, 1.165) is 18.4 Å². The topological polar surface area (TPSA) is 68.4 Å². The largest absolute Gasteiger partial charge is 0.508 e. The molecule has 5 heteroatoms. The number of benzene rings is 1. The Balaban J connectivity index is 2.23. The second-order valence-electron chi connectivity index (χ2n) is 4.72. The van der Waals surface area contributed by atoms with Crippen LogP contribution in [0.4, 0.5) is 0 Å². The summed E-state index contributed by atoms with van der Waals surface area (Å²) in [7, 11) is 1.66. The fraction of sp³-hybridized carbons (Fsp3) is 0.467. The number of rotatable bonds is 6. The Morgan fingerprint density at radius 3 is 2.55 bits per heavy atom. The summed E-state index contributed by atoms with van der Waals surface area (Å²) < 4.78 is 10.9. The highest BCUT2D eigenvalue weighted by Crippen LogP contribution is 2.30. The van der Waals surface area contributed by atoms with Crippen molar-refractivity contribution in [1.29, 1.82) is 0 Å². The van der Waals surface area contributed by atoms with Crippen molar-refractivity contribution in [3.8, 4) is 5.75 Å². The quantitative estimate of drug-likeness (QED) is 0.878. The van der Waals surface area contributed by atoms with Crippen LogP contribution in [0.25, 0.3) is 0 Å². The van der Waals surface area contributed by atoms with Crippen molar-refractivity contribution in [3.05, 3.63) is 41.5 Å². The Kier molecular flexibility index (Phi) is 4.39. The molecule has 108 valence electrons. The lowest BCUT2D eigenvalue weighted by atomic mass is 9.96. The number of hydrogen-bond acceptors (Lipinski definition) is 5. The lowest BCUT2D eigenvalue weighted by molar-refractivity contribution is -0.0306. The van der Waals surface area contributed by atoms with Gasteiger partial charge in [-0.3, -0.25) is 0 Å². The Bertz CT molecular complexity index is 553. The van der Waals surface area contributed by atoms with E-state index >= 15 is 0 Å². The Hall–Kier alpha value is -1.88. The molecule has 0 aliphatic rings. The van der Waals surface area contributed by atoms with Crippen LogP contribution in [0.2, 0.25) is 0 Å². The summed E-state index contributed by atoms with van der Waals surface area (Å²) >= 11 is 0. The van der Waals surface area contributed by atoms with Crippen LogP contribution in [0, 0.1) is 0 Å². The molecule has 0 aliphatic heterocycles. The number of phenols is 1. The number of aromatic nitrogens is 2. The second-order valence-corrected chi connectivity index (χ2v) is 4.72. The van der Waals surface area contributed by atoms with Gasteiger partial charge >= 0.3 is 0 Å². The number of hydrogen-bond donors (Lipinski definition) is 1. The maximum absolute atomic E-state index is 9.76. The average molecular weight is 276 g/mol. The van der Waals surface area contributed by atoms with Crippen LogP contribution in [0.3, 0.4) is 0 Å². The van der Waals surface area contributed by atoms with Crippen LogP contribution in [-0.2, 0) is 16.8 Å². The normalized spacial score (nSPS) is 11.8. The molecule has 1 aromatic carbocycles. The Morgan fingerprint density at radius 2 is 1.95 bits per heavy atom. The standard InChI is InChI=1S/C15H20N2O3/c1-4-15(5-2,19-3)14-16-13(20-17-14)10-11-8-6-7-9-12(11)18/h6-9,18H,4-5,10H2,1-3H3. The van der Waals surface area contributed by atoms with Crippen LogP contribution in [0.15, 0.2) is 28.8 Å². The van der Waals surface area contributed by atoms with Crippen LogP contribution in [0.1, 0.15) is 44.0 Å². The predicted octanol–water partition coefficient (Wildman–Crippen LogP) is 3.03. The number of phenolic OH excluding ortho intramolecular Hbond substituents is 1. The number of methoxy groups -OCH3 is 1. The SMILES string of the molecule is CCC(CC)(OC)c1noc(Cc2ccccc2O)n1. The summed E-state index contributed by atoms with van der Waals surface area (Å²) in [5, 5.41) is 13.8. The highest BCUT2D eigenvalue weighted by Gasteiger charge is 2.33. The van der Waals surface area contributed by atoms with E-state index in [1.807, 2.05) is 26.0 Å². The maximum atomic E-state index is 9.76. The molecule has 0 unspecified atom stereocenters. The lowest BCUT2D eigenvalue weighted by Crippen LogP contribution is -2.28. The molecule has 0 aliphatic carbocycles. The van der Waals surface area contributed by atoms with Gasteiger partial charge in [-0.05, 0) is 18.9 Å². The third kappa shape index (κ3) is 2.67. The zero-order valence-corrected chi connectivity index (χ0v) is 12.1. The third-order valence-corrected chi connectivity index (χ3v) is 3.74. The number of para-hydroxylation sites is 1. The minimum absolute atomic E-state index is 0.233. The van der Waals surface area contributed by atoms with Crippen molar-refractivity contribution in [3.63, 3.8) is 0 Å². The average Bonchev–Trinajstić information content (AvgIpc) is 2.93. The summed E-state index contributed by atoms with van der Waals surface area (Å²) in [6.45, 7) is 4.07. The molecule has 1 aromatic heterocycles. The van der Waals surface area contributed by atoms with Gasteiger partial charge < -0.3 is 14.4 Å². The van der Waals surface area contributed by atoms with Gasteiger partial charge in [0.05, 0.1) is 6.42 Å². The van der Waals surface area contributed by atoms with Crippen LogP contribution < -0.4 is 0 Å². The van der Waals surface area contributed by atoms with E-state index in [1.165, 1.54) is 0 Å². The highest BCUT2D eigenvalue weighted by atomic mass is 16.5. The molecule has 0 bridgehead atoms. The molecule has 20 heavy (non-hydrogen) atoms. The zero-order valence-electron chi connectivity index (χ0n) is 12.1. The molecule has 2 rings (SSSR count). The number of ether oxygens (including phenoxy) is 1. The van der Waals surface area contributed by atoms with E-state index in [2.05, 4.69) is 10.1 Å². The molecule has 1 heterocycles. The van der Waals surface area contributed by atoms with Gasteiger partial charge in [0.15, 0.2) is 0 Å². The molecule has 0 atom stereocenters. The van der Waals surface area contributed by atoms with Crippen LogP contribution in [0.5, 0.6) is 5.75 Å². The van der Waals surface area contributed by atoms with Gasteiger partial charge in [0.1, 0.15) is 11.4 Å². The molecule has 0 saturated heterocycles. The van der Waals surface area contributed by atoms with Crippen LogP contribution >= 0.6 is 0 Å². The summed E-state index contributed by atoms with van der Waals surface area (Å²) in [5.74, 6) is 1.27. The van der Waals surface area contributed by atoms with Gasteiger partial charge in [-0.25, -0.2) is 0 Å². The molecule has 0 fully saturated rings. The first-order valence-corrected chi connectivity index (χ1v) is 6.80. The minimum Gasteiger partial charge on any atom is -0.508 e.